The number of nitrogens with two attached hydrogens (primary N) is 1. The first-order chi connectivity index (χ1) is 13.0. The van der Waals surface area contributed by atoms with Gasteiger partial charge in [0.2, 0.25) is 11.8 Å². The van der Waals surface area contributed by atoms with E-state index in [1.54, 1.807) is 12.1 Å². The molecule has 3 N–H and O–H groups in total. The van der Waals surface area contributed by atoms with Crippen LogP contribution in [0.15, 0.2) is 53.9 Å². The summed E-state index contributed by atoms with van der Waals surface area (Å²) in [6.45, 7) is 2.01. The first-order valence-electron chi connectivity index (χ1n) is 8.17. The van der Waals surface area contributed by atoms with Crippen molar-refractivity contribution in [3.63, 3.8) is 0 Å². The maximum Gasteiger partial charge on any atom is 0.244 e. The number of rotatable bonds is 2. The Morgan fingerprint density at radius 3 is 2.56 bits per heavy atom. The van der Waals surface area contributed by atoms with Gasteiger partial charge in [0.15, 0.2) is 0 Å². The average Bonchev–Trinajstić information content (AvgIpc) is 3.07. The van der Waals surface area contributed by atoms with Crippen LogP contribution in [0, 0.1) is 18.3 Å². The van der Waals surface area contributed by atoms with Gasteiger partial charge in [-0.05, 0) is 24.6 Å². The second-order valence-electron chi connectivity index (χ2n) is 6.28. The molecule has 7 heteroatoms. The largest absolute Gasteiger partial charge is 0.420 e. The van der Waals surface area contributed by atoms with Crippen LogP contribution in [0.1, 0.15) is 22.6 Å². The van der Waals surface area contributed by atoms with Crippen molar-refractivity contribution in [2.24, 2.45) is 5.73 Å². The van der Waals surface area contributed by atoms with E-state index in [0.717, 1.165) is 22.3 Å². The van der Waals surface area contributed by atoms with Crippen LogP contribution >= 0.6 is 23.2 Å². The molecule has 0 bridgehead atoms. The highest BCUT2D eigenvalue weighted by atomic mass is 35.5. The standard InChI is InChI=1S/C20H14Cl2N4O/c1-10-2-4-11(5-3-10)16-13(9-23)19(24)27-20-17(16)18(25-26-20)12-6-7-14(21)15(22)8-12/h2-8,16H,24H2,1H3,(H,25,26)/t16-/m0/s1. The quantitative estimate of drug-likeness (QED) is 0.643. The van der Waals surface area contributed by atoms with Gasteiger partial charge >= 0.3 is 0 Å². The highest BCUT2D eigenvalue weighted by Crippen LogP contribution is 2.46. The number of nitrogens with zero attached hydrogens (tertiary/aromatic N) is 2. The van der Waals surface area contributed by atoms with Gasteiger partial charge in [0, 0.05) is 5.56 Å². The smallest absolute Gasteiger partial charge is 0.244 e. The van der Waals surface area contributed by atoms with Crippen LogP contribution in [0.2, 0.25) is 10.0 Å². The molecule has 3 aromatic rings. The van der Waals surface area contributed by atoms with Gasteiger partial charge in [-0.25, -0.2) is 0 Å². The summed E-state index contributed by atoms with van der Waals surface area (Å²) in [5.74, 6) is 0.00321. The van der Waals surface area contributed by atoms with Gasteiger partial charge in [0.25, 0.3) is 0 Å². The molecule has 0 spiro atoms. The molecule has 134 valence electrons. The fraction of sp³-hybridized carbons (Fsp3) is 0.100. The summed E-state index contributed by atoms with van der Waals surface area (Å²) in [7, 11) is 0. The lowest BCUT2D eigenvalue weighted by Gasteiger charge is -2.24. The highest BCUT2D eigenvalue weighted by molar-refractivity contribution is 6.42. The summed E-state index contributed by atoms with van der Waals surface area (Å²) in [5, 5.41) is 17.8. The van der Waals surface area contributed by atoms with Crippen LogP contribution < -0.4 is 10.5 Å². The van der Waals surface area contributed by atoms with Gasteiger partial charge in [-0.2, -0.15) is 5.26 Å². The lowest BCUT2D eigenvalue weighted by atomic mass is 9.83. The second kappa shape index (κ2) is 6.66. The first kappa shape index (κ1) is 17.5. The SMILES string of the molecule is Cc1ccc([C@H]2C(C#N)=C(N)Oc3n[nH]c(-c4ccc(Cl)c(Cl)c4)c32)cc1. The highest BCUT2D eigenvalue weighted by Gasteiger charge is 2.35. The number of benzene rings is 2. The van der Waals surface area contributed by atoms with E-state index in [1.807, 2.05) is 37.3 Å². The Bertz CT molecular complexity index is 1110. The second-order valence-corrected chi connectivity index (χ2v) is 7.10. The van der Waals surface area contributed by atoms with Crippen molar-refractivity contribution in [3.8, 4) is 23.2 Å². The summed E-state index contributed by atoms with van der Waals surface area (Å²) >= 11 is 12.2. The van der Waals surface area contributed by atoms with Crippen molar-refractivity contribution < 1.29 is 4.74 Å². The molecular weight excluding hydrogens is 383 g/mol. The number of aromatic amines is 1. The Morgan fingerprint density at radius 1 is 1.15 bits per heavy atom. The fourth-order valence-corrected chi connectivity index (χ4v) is 3.51. The molecule has 2 aromatic carbocycles. The number of nitriles is 1. The van der Waals surface area contributed by atoms with Crippen LogP contribution in [0.25, 0.3) is 11.3 Å². The normalized spacial score (nSPS) is 15.9. The number of hydrogen-bond acceptors (Lipinski definition) is 4. The van der Waals surface area contributed by atoms with E-state index >= 15 is 0 Å². The van der Waals surface area contributed by atoms with Crippen molar-refractivity contribution in [2.75, 3.05) is 0 Å². The molecule has 0 aliphatic carbocycles. The molecule has 27 heavy (non-hydrogen) atoms. The number of allylic oxidation sites excluding steroid dienone is 1. The molecule has 1 aliphatic heterocycles. The van der Waals surface area contributed by atoms with Crippen molar-refractivity contribution >= 4 is 23.2 Å². The minimum atomic E-state index is -0.400. The number of hydrogen-bond donors (Lipinski definition) is 2. The molecule has 0 saturated carbocycles. The predicted octanol–water partition coefficient (Wildman–Crippen LogP) is 4.91. The molecule has 1 atom stereocenters. The van der Waals surface area contributed by atoms with Crippen LogP contribution in [-0.4, -0.2) is 10.2 Å². The molecule has 1 aliphatic rings. The summed E-state index contributed by atoms with van der Waals surface area (Å²) in [6, 6.07) is 15.4. The molecule has 0 amide bonds. The van der Waals surface area contributed by atoms with E-state index in [9.17, 15) is 5.26 Å². The van der Waals surface area contributed by atoms with E-state index in [2.05, 4.69) is 16.3 Å². The number of nitrogens with one attached hydrogen (secondary N) is 1. The van der Waals surface area contributed by atoms with E-state index in [-0.39, 0.29) is 5.88 Å². The van der Waals surface area contributed by atoms with Gasteiger partial charge in [-0.3, -0.25) is 5.10 Å². The summed E-state index contributed by atoms with van der Waals surface area (Å²) in [6.07, 6.45) is 0. The van der Waals surface area contributed by atoms with Gasteiger partial charge in [0.1, 0.15) is 11.6 Å². The number of H-pyrrole nitrogens is 1. The van der Waals surface area contributed by atoms with Crippen LogP contribution in [0.5, 0.6) is 5.88 Å². The third-order valence-electron chi connectivity index (χ3n) is 4.56. The van der Waals surface area contributed by atoms with Crippen molar-refractivity contribution in [2.45, 2.75) is 12.8 Å². The predicted molar refractivity (Wildman–Crippen MR) is 105 cm³/mol. The minimum Gasteiger partial charge on any atom is -0.420 e. The molecule has 1 aromatic heterocycles. The maximum absolute atomic E-state index is 9.72. The summed E-state index contributed by atoms with van der Waals surface area (Å²) < 4.78 is 5.60. The minimum absolute atomic E-state index is 0.0581. The van der Waals surface area contributed by atoms with Gasteiger partial charge < -0.3 is 10.5 Å². The molecule has 0 saturated heterocycles. The third-order valence-corrected chi connectivity index (χ3v) is 5.30. The van der Waals surface area contributed by atoms with Crippen molar-refractivity contribution in [1.29, 1.82) is 5.26 Å². The van der Waals surface area contributed by atoms with Crippen LogP contribution in [0.4, 0.5) is 0 Å². The van der Waals surface area contributed by atoms with E-state index < -0.39 is 5.92 Å². The topological polar surface area (TPSA) is 87.7 Å². The lowest BCUT2D eigenvalue weighted by molar-refractivity contribution is 0.379. The van der Waals surface area contributed by atoms with Crippen molar-refractivity contribution in [3.05, 3.63) is 80.7 Å². The Labute approximate surface area is 166 Å². The van der Waals surface area contributed by atoms with Crippen molar-refractivity contribution in [1.82, 2.24) is 10.2 Å². The molecule has 0 fully saturated rings. The zero-order valence-electron chi connectivity index (χ0n) is 14.3. The Hall–Kier alpha value is -2.94. The number of aromatic nitrogens is 2. The van der Waals surface area contributed by atoms with Crippen LogP contribution in [0.3, 0.4) is 0 Å². The summed E-state index contributed by atoms with van der Waals surface area (Å²) in [4.78, 5) is 0. The van der Waals surface area contributed by atoms with E-state index in [4.69, 9.17) is 33.7 Å². The number of halogens is 2. The number of fused-ring (bicyclic) bond motifs is 1. The number of ether oxygens (including phenoxy) is 1. The van der Waals surface area contributed by atoms with Gasteiger partial charge in [-0.15, -0.1) is 5.10 Å². The van der Waals surface area contributed by atoms with E-state index in [1.165, 1.54) is 0 Å². The molecular formula is C20H14Cl2N4O. The monoisotopic (exact) mass is 396 g/mol. The van der Waals surface area contributed by atoms with Gasteiger partial charge in [-0.1, -0.05) is 59.1 Å². The van der Waals surface area contributed by atoms with Gasteiger partial charge in [0.05, 0.1) is 27.2 Å². The molecule has 5 nitrogen and oxygen atoms in total. The summed E-state index contributed by atoms with van der Waals surface area (Å²) in [5.41, 5.74) is 10.6. The first-order valence-corrected chi connectivity index (χ1v) is 8.93. The zero-order valence-corrected chi connectivity index (χ0v) is 15.8. The molecule has 0 radical (unpaired) electrons. The fourth-order valence-electron chi connectivity index (χ4n) is 3.21. The maximum atomic E-state index is 9.72. The number of aryl methyl sites for hydroxylation is 1. The Kier molecular flexibility index (Phi) is 4.31. The Balaban J connectivity index is 1.94. The lowest BCUT2D eigenvalue weighted by Crippen LogP contribution is -2.21. The Morgan fingerprint density at radius 2 is 1.89 bits per heavy atom. The average molecular weight is 397 g/mol. The van der Waals surface area contributed by atoms with Crippen LogP contribution in [-0.2, 0) is 0 Å². The molecule has 2 heterocycles. The molecule has 0 unspecified atom stereocenters. The third kappa shape index (κ3) is 2.93. The molecule has 4 rings (SSSR count). The van der Waals surface area contributed by atoms with E-state index in [0.29, 0.717) is 27.2 Å². The zero-order chi connectivity index (χ0) is 19.1.